The van der Waals surface area contributed by atoms with Gasteiger partial charge in [-0.1, -0.05) is 30.3 Å². The van der Waals surface area contributed by atoms with Gasteiger partial charge in [0.25, 0.3) is 0 Å². The van der Waals surface area contributed by atoms with Crippen LogP contribution in [0.2, 0.25) is 0 Å². The zero-order valence-electron chi connectivity index (χ0n) is 11.8. The van der Waals surface area contributed by atoms with E-state index in [1.54, 1.807) is 0 Å². The average molecular weight is 268 g/mol. The second-order valence-electron chi connectivity index (χ2n) is 6.07. The molecule has 1 aromatic heterocycles. The van der Waals surface area contributed by atoms with E-state index in [0.29, 0.717) is 18.1 Å². The molecule has 0 radical (unpaired) electrons. The molecule has 3 heterocycles. The predicted molar refractivity (Wildman–Crippen MR) is 78.4 cm³/mol. The Balaban J connectivity index is 1.73. The van der Waals surface area contributed by atoms with E-state index >= 15 is 0 Å². The Morgan fingerprint density at radius 3 is 2.45 bits per heavy atom. The highest BCUT2D eigenvalue weighted by Crippen LogP contribution is 2.36. The number of nitrogens with zero attached hydrogens (tertiary/aromatic N) is 3. The number of rotatable bonds is 2. The summed E-state index contributed by atoms with van der Waals surface area (Å²) in [5.74, 6) is 2.06. The first-order valence-electron chi connectivity index (χ1n) is 7.54. The van der Waals surface area contributed by atoms with E-state index in [1.165, 1.54) is 31.2 Å². The molecule has 2 fully saturated rings. The van der Waals surface area contributed by atoms with Crippen LogP contribution in [0.3, 0.4) is 0 Å². The molecule has 0 unspecified atom stereocenters. The third-order valence-corrected chi connectivity index (χ3v) is 4.71. The molecule has 104 valence electrons. The Morgan fingerprint density at radius 1 is 1.05 bits per heavy atom. The monoisotopic (exact) mass is 268 g/mol. The average Bonchev–Trinajstić information content (AvgIpc) is 3.02. The molecule has 2 aliphatic rings. The molecule has 3 atom stereocenters. The molecule has 1 N–H and O–H groups in total. The van der Waals surface area contributed by atoms with Gasteiger partial charge in [0.15, 0.2) is 5.82 Å². The molecule has 4 rings (SSSR count). The number of aromatic nitrogens is 3. The summed E-state index contributed by atoms with van der Waals surface area (Å²) in [6.45, 7) is 2.07. The van der Waals surface area contributed by atoms with Crippen molar-refractivity contribution in [3.8, 4) is 11.4 Å². The molecular formula is C16H20N4. The number of benzene rings is 1. The SMILES string of the molecule is Cc1nnc(-c2ccccc2)n1[C@H]1C[C@H]2CC[C@@H](C1)N2. The van der Waals surface area contributed by atoms with Gasteiger partial charge in [0.05, 0.1) is 0 Å². The highest BCUT2D eigenvalue weighted by molar-refractivity contribution is 5.55. The van der Waals surface area contributed by atoms with Crippen molar-refractivity contribution in [1.29, 1.82) is 0 Å². The summed E-state index contributed by atoms with van der Waals surface area (Å²) < 4.78 is 2.36. The lowest BCUT2D eigenvalue weighted by atomic mass is 9.99. The first-order valence-corrected chi connectivity index (χ1v) is 7.54. The molecule has 4 nitrogen and oxygen atoms in total. The van der Waals surface area contributed by atoms with E-state index in [9.17, 15) is 0 Å². The minimum atomic E-state index is 0.541. The topological polar surface area (TPSA) is 42.7 Å². The Labute approximate surface area is 119 Å². The van der Waals surface area contributed by atoms with Crippen molar-refractivity contribution in [1.82, 2.24) is 20.1 Å². The molecule has 2 aromatic rings. The van der Waals surface area contributed by atoms with Gasteiger partial charge in [-0.15, -0.1) is 10.2 Å². The molecule has 1 aromatic carbocycles. The van der Waals surface area contributed by atoms with Gasteiger partial charge in [-0.25, -0.2) is 0 Å². The van der Waals surface area contributed by atoms with E-state index < -0.39 is 0 Å². The fourth-order valence-corrected chi connectivity index (χ4v) is 3.83. The zero-order chi connectivity index (χ0) is 13.5. The number of piperidine rings is 1. The molecule has 0 saturated carbocycles. The van der Waals surface area contributed by atoms with Crippen LogP contribution in [-0.2, 0) is 0 Å². The quantitative estimate of drug-likeness (QED) is 0.910. The van der Waals surface area contributed by atoms with Gasteiger partial charge in [0.1, 0.15) is 5.82 Å². The van der Waals surface area contributed by atoms with Crippen molar-refractivity contribution < 1.29 is 0 Å². The lowest BCUT2D eigenvalue weighted by molar-refractivity contribution is 0.297. The molecule has 0 amide bonds. The van der Waals surface area contributed by atoms with E-state index in [1.807, 2.05) is 6.07 Å². The third kappa shape index (κ3) is 1.95. The smallest absolute Gasteiger partial charge is 0.164 e. The third-order valence-electron chi connectivity index (χ3n) is 4.71. The molecule has 4 heteroatoms. The summed E-state index contributed by atoms with van der Waals surface area (Å²) in [5, 5.41) is 12.5. The Kier molecular flexibility index (Phi) is 2.84. The molecule has 2 bridgehead atoms. The normalized spacial score (nSPS) is 28.8. The van der Waals surface area contributed by atoms with Gasteiger partial charge >= 0.3 is 0 Å². The first-order chi connectivity index (χ1) is 9.81. The fraction of sp³-hybridized carbons (Fsp3) is 0.500. The van der Waals surface area contributed by atoms with Crippen LogP contribution in [0, 0.1) is 6.92 Å². The van der Waals surface area contributed by atoms with Crippen molar-refractivity contribution in [2.24, 2.45) is 0 Å². The number of fused-ring (bicyclic) bond motifs is 2. The zero-order valence-corrected chi connectivity index (χ0v) is 11.8. The van der Waals surface area contributed by atoms with Gasteiger partial charge < -0.3 is 9.88 Å². The van der Waals surface area contributed by atoms with Gasteiger partial charge in [-0.3, -0.25) is 0 Å². The van der Waals surface area contributed by atoms with Crippen LogP contribution in [0.4, 0.5) is 0 Å². The maximum absolute atomic E-state index is 4.42. The number of hydrogen-bond donors (Lipinski definition) is 1. The summed E-state index contributed by atoms with van der Waals surface area (Å²) >= 11 is 0. The van der Waals surface area contributed by atoms with Gasteiger partial charge in [-0.05, 0) is 32.6 Å². The van der Waals surface area contributed by atoms with Gasteiger partial charge in [0.2, 0.25) is 0 Å². The predicted octanol–water partition coefficient (Wildman–Crippen LogP) is 2.71. The van der Waals surface area contributed by atoms with Crippen molar-refractivity contribution in [2.45, 2.75) is 50.7 Å². The van der Waals surface area contributed by atoms with E-state index in [0.717, 1.165) is 11.6 Å². The molecule has 20 heavy (non-hydrogen) atoms. The van der Waals surface area contributed by atoms with Crippen molar-refractivity contribution in [3.05, 3.63) is 36.2 Å². The van der Waals surface area contributed by atoms with Crippen molar-refractivity contribution >= 4 is 0 Å². The molecule has 2 aliphatic heterocycles. The Hall–Kier alpha value is -1.68. The van der Waals surface area contributed by atoms with Crippen LogP contribution in [-0.4, -0.2) is 26.8 Å². The Bertz CT molecular complexity index is 592. The molecule has 2 saturated heterocycles. The van der Waals surface area contributed by atoms with Crippen LogP contribution in [0.1, 0.15) is 37.5 Å². The van der Waals surface area contributed by atoms with Crippen LogP contribution in [0.25, 0.3) is 11.4 Å². The van der Waals surface area contributed by atoms with Gasteiger partial charge in [0, 0.05) is 23.7 Å². The fourth-order valence-electron chi connectivity index (χ4n) is 3.83. The number of nitrogens with one attached hydrogen (secondary N) is 1. The molecule has 0 spiro atoms. The second-order valence-corrected chi connectivity index (χ2v) is 6.07. The second kappa shape index (κ2) is 4.70. The minimum absolute atomic E-state index is 0.541. The lowest BCUT2D eigenvalue weighted by Crippen LogP contribution is -2.39. The van der Waals surface area contributed by atoms with Crippen LogP contribution < -0.4 is 5.32 Å². The highest BCUT2D eigenvalue weighted by atomic mass is 15.3. The van der Waals surface area contributed by atoms with Gasteiger partial charge in [-0.2, -0.15) is 0 Å². The largest absolute Gasteiger partial charge is 0.311 e. The van der Waals surface area contributed by atoms with Crippen LogP contribution >= 0.6 is 0 Å². The summed E-state index contributed by atoms with van der Waals surface area (Å²) in [6, 6.07) is 12.3. The standard InChI is InChI=1S/C16H20N4/c1-11-18-19-16(12-5-3-2-4-6-12)20(11)15-9-13-7-8-14(10-15)17-13/h2-6,13-15,17H,7-10H2,1H3/t13-,14+,15+. The van der Waals surface area contributed by atoms with Crippen molar-refractivity contribution in [2.75, 3.05) is 0 Å². The summed E-state index contributed by atoms with van der Waals surface area (Å²) in [4.78, 5) is 0. The van der Waals surface area contributed by atoms with E-state index in [-0.39, 0.29) is 0 Å². The first kappa shape index (κ1) is 12.1. The molecular weight excluding hydrogens is 248 g/mol. The minimum Gasteiger partial charge on any atom is -0.311 e. The summed E-state index contributed by atoms with van der Waals surface area (Å²) in [6.07, 6.45) is 5.05. The van der Waals surface area contributed by atoms with E-state index in [2.05, 4.69) is 51.3 Å². The Morgan fingerprint density at radius 2 is 1.75 bits per heavy atom. The summed E-state index contributed by atoms with van der Waals surface area (Å²) in [5.41, 5.74) is 1.17. The van der Waals surface area contributed by atoms with Crippen LogP contribution in [0.15, 0.2) is 30.3 Å². The highest BCUT2D eigenvalue weighted by Gasteiger charge is 2.35. The molecule has 0 aliphatic carbocycles. The maximum atomic E-state index is 4.42. The number of aryl methyl sites for hydroxylation is 1. The summed E-state index contributed by atoms with van der Waals surface area (Å²) in [7, 11) is 0. The maximum Gasteiger partial charge on any atom is 0.164 e. The van der Waals surface area contributed by atoms with Crippen molar-refractivity contribution in [3.63, 3.8) is 0 Å². The van der Waals surface area contributed by atoms with E-state index in [4.69, 9.17) is 0 Å². The van der Waals surface area contributed by atoms with Crippen LogP contribution in [0.5, 0.6) is 0 Å². The number of hydrogen-bond acceptors (Lipinski definition) is 3. The lowest BCUT2D eigenvalue weighted by Gasteiger charge is -2.31.